The monoisotopic (exact) mass is 257 g/mol. The van der Waals surface area contributed by atoms with Gasteiger partial charge in [-0.2, -0.15) is 0 Å². The highest BCUT2D eigenvalue weighted by atomic mass is 32.1. The van der Waals surface area contributed by atoms with Gasteiger partial charge in [-0.3, -0.25) is 0 Å². The van der Waals surface area contributed by atoms with Crippen molar-refractivity contribution < 1.29 is 14.6 Å². The Kier molecular flexibility index (Phi) is 4.27. The van der Waals surface area contributed by atoms with E-state index in [9.17, 15) is 9.90 Å². The Morgan fingerprint density at radius 2 is 2.12 bits per heavy atom. The minimum Gasteiger partial charge on any atom is -0.477 e. The van der Waals surface area contributed by atoms with Crippen LogP contribution in [0.4, 0.5) is 0 Å². The number of hydrogen-bond acceptors (Lipinski definition) is 4. The van der Waals surface area contributed by atoms with E-state index in [1.165, 1.54) is 11.3 Å². The molecule has 5 heteroatoms. The summed E-state index contributed by atoms with van der Waals surface area (Å²) in [6.45, 7) is 10.3. The highest BCUT2D eigenvalue weighted by molar-refractivity contribution is 7.13. The summed E-state index contributed by atoms with van der Waals surface area (Å²) in [7, 11) is 0. The summed E-state index contributed by atoms with van der Waals surface area (Å²) >= 11 is 1.21. The molecular formula is C12H19NO3S. The molecule has 4 nitrogen and oxygen atoms in total. The molecule has 0 saturated heterocycles. The smallest absolute Gasteiger partial charge is 0.347 e. The van der Waals surface area contributed by atoms with Crippen LogP contribution in [0.2, 0.25) is 0 Å². The Hall–Kier alpha value is -0.940. The maximum atomic E-state index is 11.2. The summed E-state index contributed by atoms with van der Waals surface area (Å²) in [6.07, 6.45) is -0.154. The van der Waals surface area contributed by atoms with Gasteiger partial charge in [-0.25, -0.2) is 9.78 Å². The molecule has 0 fully saturated rings. The summed E-state index contributed by atoms with van der Waals surface area (Å²) < 4.78 is 5.44. The van der Waals surface area contributed by atoms with E-state index in [1.54, 1.807) is 0 Å². The van der Waals surface area contributed by atoms with Gasteiger partial charge in [-0.05, 0) is 13.8 Å². The quantitative estimate of drug-likeness (QED) is 0.899. The van der Waals surface area contributed by atoms with Crippen LogP contribution >= 0.6 is 11.3 Å². The molecule has 0 aromatic carbocycles. The second-order valence-electron chi connectivity index (χ2n) is 4.88. The lowest BCUT2D eigenvalue weighted by Gasteiger charge is -2.16. The van der Waals surface area contributed by atoms with Gasteiger partial charge in [0, 0.05) is 12.0 Å². The number of aromatic nitrogens is 1. The number of ether oxygens (including phenoxy) is 1. The maximum absolute atomic E-state index is 11.2. The van der Waals surface area contributed by atoms with Crippen molar-refractivity contribution in [1.29, 1.82) is 0 Å². The van der Waals surface area contributed by atoms with Gasteiger partial charge in [0.15, 0.2) is 0 Å². The van der Waals surface area contributed by atoms with Crippen LogP contribution in [0.5, 0.6) is 0 Å². The molecule has 1 atom stereocenters. The highest BCUT2D eigenvalue weighted by Crippen LogP contribution is 2.32. The highest BCUT2D eigenvalue weighted by Gasteiger charge is 2.28. The van der Waals surface area contributed by atoms with E-state index in [0.717, 1.165) is 5.01 Å². The number of nitrogens with zero attached hydrogens (tertiary/aromatic N) is 1. The average Bonchev–Trinajstić information content (AvgIpc) is 2.61. The Morgan fingerprint density at radius 3 is 2.47 bits per heavy atom. The molecule has 1 rings (SSSR count). The van der Waals surface area contributed by atoms with E-state index in [2.05, 4.69) is 4.98 Å². The maximum Gasteiger partial charge on any atom is 0.347 e. The third kappa shape index (κ3) is 3.26. The molecular weight excluding hydrogens is 238 g/mol. The zero-order valence-corrected chi connectivity index (χ0v) is 11.7. The Labute approximate surface area is 106 Å². The fourth-order valence-electron chi connectivity index (χ4n) is 1.49. The lowest BCUT2D eigenvalue weighted by molar-refractivity contribution is 0.0699. The first-order valence-corrected chi connectivity index (χ1v) is 6.45. The lowest BCUT2D eigenvalue weighted by Crippen LogP contribution is -2.16. The Balaban J connectivity index is 3.17. The summed E-state index contributed by atoms with van der Waals surface area (Å²) in [5.74, 6) is -0.914. The second-order valence-corrected chi connectivity index (χ2v) is 5.91. The molecule has 0 aliphatic rings. The third-order valence-electron chi connectivity index (χ3n) is 2.31. The molecule has 1 N–H and O–H groups in total. The molecule has 0 radical (unpaired) electrons. The van der Waals surface area contributed by atoms with Crippen molar-refractivity contribution in [2.75, 3.05) is 6.61 Å². The van der Waals surface area contributed by atoms with Crippen molar-refractivity contribution in [3.8, 4) is 0 Å². The van der Waals surface area contributed by atoms with Crippen LogP contribution < -0.4 is 0 Å². The van der Waals surface area contributed by atoms with E-state index in [4.69, 9.17) is 4.74 Å². The SMILES string of the molecule is CCOC(C)c1nc(C(C)(C)C)c(C(=O)O)s1. The summed E-state index contributed by atoms with van der Waals surface area (Å²) in [6, 6.07) is 0. The predicted molar refractivity (Wildman–Crippen MR) is 67.8 cm³/mol. The van der Waals surface area contributed by atoms with E-state index in [1.807, 2.05) is 34.6 Å². The molecule has 0 saturated carbocycles. The fourth-order valence-corrected chi connectivity index (χ4v) is 2.60. The minimum absolute atomic E-state index is 0.154. The largest absolute Gasteiger partial charge is 0.477 e. The van der Waals surface area contributed by atoms with Gasteiger partial charge in [0.05, 0.1) is 5.69 Å². The molecule has 0 bridgehead atoms. The molecule has 96 valence electrons. The molecule has 1 aromatic rings. The zero-order chi connectivity index (χ0) is 13.2. The van der Waals surface area contributed by atoms with Crippen LogP contribution in [0.3, 0.4) is 0 Å². The number of hydrogen-bond donors (Lipinski definition) is 1. The van der Waals surface area contributed by atoms with Crippen LogP contribution in [0.1, 0.15) is 61.1 Å². The molecule has 17 heavy (non-hydrogen) atoms. The van der Waals surface area contributed by atoms with Gasteiger partial charge in [0.25, 0.3) is 0 Å². The average molecular weight is 257 g/mol. The molecule has 0 aliphatic carbocycles. The van der Waals surface area contributed by atoms with Crippen molar-refractivity contribution in [3.05, 3.63) is 15.6 Å². The molecule has 1 aromatic heterocycles. The summed E-state index contributed by atoms with van der Waals surface area (Å²) in [5.41, 5.74) is 0.366. The molecule has 1 unspecified atom stereocenters. The second kappa shape index (κ2) is 5.14. The van der Waals surface area contributed by atoms with Gasteiger partial charge in [-0.1, -0.05) is 20.8 Å². The van der Waals surface area contributed by atoms with Crippen LogP contribution in [0.15, 0.2) is 0 Å². The lowest BCUT2D eigenvalue weighted by atomic mass is 9.91. The molecule has 0 aliphatic heterocycles. The minimum atomic E-state index is -0.914. The first-order valence-electron chi connectivity index (χ1n) is 5.63. The number of carbonyl (C=O) groups is 1. The molecule has 1 heterocycles. The summed E-state index contributed by atoms with van der Waals surface area (Å²) in [4.78, 5) is 15.9. The van der Waals surface area contributed by atoms with E-state index in [-0.39, 0.29) is 11.5 Å². The number of rotatable bonds is 4. The predicted octanol–water partition coefficient (Wildman–Crippen LogP) is 3.24. The number of carboxylic acids is 1. The van der Waals surface area contributed by atoms with Crippen LogP contribution in [-0.2, 0) is 10.2 Å². The van der Waals surface area contributed by atoms with Crippen LogP contribution in [-0.4, -0.2) is 22.7 Å². The van der Waals surface area contributed by atoms with Crippen molar-refractivity contribution in [1.82, 2.24) is 4.98 Å². The Morgan fingerprint density at radius 1 is 1.53 bits per heavy atom. The van der Waals surface area contributed by atoms with Gasteiger partial charge < -0.3 is 9.84 Å². The first-order chi connectivity index (χ1) is 7.77. The van der Waals surface area contributed by atoms with Gasteiger partial charge in [0.2, 0.25) is 0 Å². The van der Waals surface area contributed by atoms with Crippen LogP contribution in [0.25, 0.3) is 0 Å². The van der Waals surface area contributed by atoms with Crippen molar-refractivity contribution in [3.63, 3.8) is 0 Å². The molecule has 0 amide bonds. The number of thiazole rings is 1. The zero-order valence-electron chi connectivity index (χ0n) is 10.9. The normalized spacial score (nSPS) is 13.7. The van der Waals surface area contributed by atoms with Crippen molar-refractivity contribution >= 4 is 17.3 Å². The van der Waals surface area contributed by atoms with Gasteiger partial charge in [0.1, 0.15) is 16.0 Å². The van der Waals surface area contributed by atoms with Crippen molar-refractivity contribution in [2.45, 2.75) is 46.1 Å². The number of carboxylic acid groups (broad SMARTS) is 1. The van der Waals surface area contributed by atoms with E-state index in [0.29, 0.717) is 17.2 Å². The van der Waals surface area contributed by atoms with Gasteiger partial charge >= 0.3 is 5.97 Å². The van der Waals surface area contributed by atoms with E-state index >= 15 is 0 Å². The molecule has 0 spiro atoms. The number of aromatic carboxylic acids is 1. The fraction of sp³-hybridized carbons (Fsp3) is 0.667. The third-order valence-corrected chi connectivity index (χ3v) is 3.52. The summed E-state index contributed by atoms with van der Waals surface area (Å²) in [5, 5.41) is 9.91. The standard InChI is InChI=1S/C12H19NO3S/c1-6-16-7(2)10-13-9(12(3,4)5)8(17-10)11(14)15/h7H,6H2,1-5H3,(H,14,15). The van der Waals surface area contributed by atoms with E-state index < -0.39 is 5.97 Å². The first kappa shape index (κ1) is 14.1. The van der Waals surface area contributed by atoms with Gasteiger partial charge in [-0.15, -0.1) is 11.3 Å². The van der Waals surface area contributed by atoms with Crippen molar-refractivity contribution in [2.24, 2.45) is 0 Å². The Bertz CT molecular complexity index is 406. The topological polar surface area (TPSA) is 59.4 Å². The van der Waals surface area contributed by atoms with Crippen LogP contribution in [0, 0.1) is 0 Å².